The third-order valence-electron chi connectivity index (χ3n) is 3.36. The predicted octanol–water partition coefficient (Wildman–Crippen LogP) is 4.87. The van der Waals surface area contributed by atoms with Crippen LogP contribution in [-0.2, 0) is 32.8 Å². The fourth-order valence-electron chi connectivity index (χ4n) is 2.12. The maximum Gasteiger partial charge on any atom is 0.764 e. The van der Waals surface area contributed by atoms with Crippen molar-refractivity contribution in [3.63, 3.8) is 0 Å². The molecule has 0 radical (unpaired) electrons. The normalized spacial score (nSPS) is 12.0. The average Bonchev–Trinajstić information content (AvgIpc) is 2.64. The second-order valence-corrected chi connectivity index (χ2v) is 7.44. The van der Waals surface area contributed by atoms with Crippen LogP contribution in [-0.4, -0.2) is 35.5 Å². The minimum absolute atomic E-state index is 0.334. The molecule has 8 heteroatoms. The zero-order chi connectivity index (χ0) is 18.6. The first-order valence-electron chi connectivity index (χ1n) is 9.80. The molecule has 0 amide bonds. The molecule has 0 saturated heterocycles. The molecular formula is C17H38O7Si. The van der Waals surface area contributed by atoms with Crippen molar-refractivity contribution in [3.05, 3.63) is 0 Å². The summed E-state index contributed by atoms with van der Waals surface area (Å²) in [4.78, 5) is 14.9. The van der Waals surface area contributed by atoms with Crippen LogP contribution in [0.1, 0.15) is 85.5 Å². The van der Waals surface area contributed by atoms with Crippen LogP contribution in [0.5, 0.6) is 0 Å². The van der Waals surface area contributed by atoms with Crippen molar-refractivity contribution >= 4 is 9.05 Å². The summed E-state index contributed by atoms with van der Waals surface area (Å²) in [5.74, 6) is 0. The topological polar surface area (TPSA) is 64.6 Å². The smallest absolute Gasteiger partial charge is 0.347 e. The molecule has 0 rings (SSSR count). The van der Waals surface area contributed by atoms with Gasteiger partial charge in [0.05, 0.1) is 19.8 Å². The van der Waals surface area contributed by atoms with Gasteiger partial charge in [-0.15, -0.1) is 0 Å². The van der Waals surface area contributed by atoms with Crippen molar-refractivity contribution in [1.29, 1.82) is 0 Å². The van der Waals surface area contributed by atoms with E-state index < -0.39 is 9.05 Å². The molecule has 0 aromatic carbocycles. The van der Waals surface area contributed by atoms with E-state index in [-0.39, 0.29) is 0 Å². The Hall–Kier alpha value is -0.0631. The molecule has 0 aliphatic heterocycles. The quantitative estimate of drug-likeness (QED) is 0.129. The van der Waals surface area contributed by atoms with E-state index in [1.54, 1.807) is 20.8 Å². The lowest BCUT2D eigenvalue weighted by molar-refractivity contribution is -0.385. The van der Waals surface area contributed by atoms with Crippen molar-refractivity contribution in [3.8, 4) is 0 Å². The highest BCUT2D eigenvalue weighted by Crippen LogP contribution is 2.16. The molecule has 0 unspecified atom stereocenters. The van der Waals surface area contributed by atoms with Gasteiger partial charge in [-0.1, -0.05) is 58.3 Å². The van der Waals surface area contributed by atoms with Crippen LogP contribution in [0, 0.1) is 0 Å². The monoisotopic (exact) mass is 382 g/mol. The van der Waals surface area contributed by atoms with Crippen LogP contribution in [0.25, 0.3) is 0 Å². The zero-order valence-electron chi connectivity index (χ0n) is 16.6. The lowest BCUT2D eigenvalue weighted by Gasteiger charge is -2.23. The van der Waals surface area contributed by atoms with Crippen LogP contribution in [0.2, 0.25) is 0 Å². The summed E-state index contributed by atoms with van der Waals surface area (Å²) in [6.45, 7) is 9.06. The van der Waals surface area contributed by atoms with Gasteiger partial charge in [-0.25, -0.2) is 14.7 Å². The molecule has 0 aliphatic carbocycles. The third kappa shape index (κ3) is 14.8. The van der Waals surface area contributed by atoms with Gasteiger partial charge in [0.1, 0.15) is 0 Å². The largest absolute Gasteiger partial charge is 0.764 e. The Labute approximate surface area is 154 Å². The molecular weight excluding hydrogens is 344 g/mol. The van der Waals surface area contributed by atoms with Crippen molar-refractivity contribution in [2.45, 2.75) is 85.5 Å². The highest BCUT2D eigenvalue weighted by atomic mass is 28.4. The molecule has 152 valence electrons. The number of hydrogen-bond donors (Lipinski definition) is 0. The fourth-order valence-corrected chi connectivity index (χ4v) is 3.53. The Morgan fingerprint density at radius 3 is 1.32 bits per heavy atom. The number of hydrogen-bond acceptors (Lipinski definition) is 7. The van der Waals surface area contributed by atoms with E-state index in [2.05, 4.69) is 6.92 Å². The molecule has 25 heavy (non-hydrogen) atoms. The maximum absolute atomic E-state index is 5.69. The first kappa shape index (κ1) is 24.9. The second-order valence-electron chi connectivity index (χ2n) is 5.65. The summed E-state index contributed by atoms with van der Waals surface area (Å²) in [5, 5.41) is 0. The van der Waals surface area contributed by atoms with Gasteiger partial charge >= 0.3 is 9.05 Å². The van der Waals surface area contributed by atoms with E-state index in [0.717, 1.165) is 12.8 Å². The third-order valence-corrected chi connectivity index (χ3v) is 4.89. The molecule has 0 bridgehead atoms. The van der Waals surface area contributed by atoms with E-state index in [4.69, 9.17) is 32.8 Å². The molecule has 0 spiro atoms. The standard InChI is InChI=1S/C17H38O7Si/c1-5-9-10-11-12-13-14-15-16-17-21-25(22-18-6-2,23-19-7-3)24-20-8-4/h5-17H2,1-4H3. The molecule has 7 nitrogen and oxygen atoms in total. The number of rotatable bonds is 20. The maximum atomic E-state index is 5.69. The Kier molecular flexibility index (Phi) is 18.7. The highest BCUT2D eigenvalue weighted by molar-refractivity contribution is 6.52. The molecule has 0 aromatic rings. The second kappa shape index (κ2) is 18.7. The number of unbranched alkanes of at least 4 members (excludes halogenated alkanes) is 8. The van der Waals surface area contributed by atoms with Gasteiger partial charge in [-0.05, 0) is 27.2 Å². The van der Waals surface area contributed by atoms with Crippen molar-refractivity contribution in [2.24, 2.45) is 0 Å². The summed E-state index contributed by atoms with van der Waals surface area (Å²) in [5.41, 5.74) is 0. The lowest BCUT2D eigenvalue weighted by Crippen LogP contribution is -2.49. The van der Waals surface area contributed by atoms with Gasteiger partial charge < -0.3 is 4.43 Å². The molecule has 0 aliphatic rings. The average molecular weight is 383 g/mol. The van der Waals surface area contributed by atoms with Gasteiger partial charge in [0.15, 0.2) is 0 Å². The SMILES string of the molecule is CCCCCCCCCCCO[Si](OOCC)(OOCC)OOCC. The Morgan fingerprint density at radius 1 is 0.520 bits per heavy atom. The van der Waals surface area contributed by atoms with E-state index in [1.165, 1.54) is 44.9 Å². The van der Waals surface area contributed by atoms with Gasteiger partial charge in [0.25, 0.3) is 0 Å². The van der Waals surface area contributed by atoms with Crippen molar-refractivity contribution in [1.82, 2.24) is 0 Å². The summed E-state index contributed by atoms with van der Waals surface area (Å²) in [7, 11) is -3.62. The van der Waals surface area contributed by atoms with Gasteiger partial charge in [0.2, 0.25) is 0 Å². The Balaban J connectivity index is 4.01. The van der Waals surface area contributed by atoms with Crippen LogP contribution >= 0.6 is 0 Å². The molecule has 0 atom stereocenters. The first-order chi connectivity index (χ1) is 12.2. The van der Waals surface area contributed by atoms with E-state index >= 15 is 0 Å². The van der Waals surface area contributed by atoms with Gasteiger partial charge in [-0.2, -0.15) is 13.7 Å². The van der Waals surface area contributed by atoms with E-state index in [9.17, 15) is 0 Å². The fraction of sp³-hybridized carbons (Fsp3) is 1.00. The van der Waals surface area contributed by atoms with E-state index in [1.807, 2.05) is 0 Å². The summed E-state index contributed by atoms with van der Waals surface area (Å²) < 4.78 is 21.3. The molecule has 0 aromatic heterocycles. The Bertz CT molecular complexity index is 248. The van der Waals surface area contributed by atoms with Crippen LogP contribution < -0.4 is 0 Å². The van der Waals surface area contributed by atoms with Crippen molar-refractivity contribution < 1.29 is 32.8 Å². The van der Waals surface area contributed by atoms with Crippen LogP contribution in [0.4, 0.5) is 0 Å². The van der Waals surface area contributed by atoms with Crippen LogP contribution in [0.3, 0.4) is 0 Å². The van der Waals surface area contributed by atoms with Crippen molar-refractivity contribution in [2.75, 3.05) is 26.4 Å². The molecule has 0 N–H and O–H groups in total. The zero-order valence-corrected chi connectivity index (χ0v) is 17.6. The minimum Gasteiger partial charge on any atom is -0.347 e. The first-order valence-corrected chi connectivity index (χ1v) is 11.4. The lowest BCUT2D eigenvalue weighted by atomic mass is 10.1. The minimum atomic E-state index is -3.62. The van der Waals surface area contributed by atoms with Gasteiger partial charge in [0, 0.05) is 6.61 Å². The predicted molar refractivity (Wildman–Crippen MR) is 97.1 cm³/mol. The van der Waals surface area contributed by atoms with E-state index in [0.29, 0.717) is 26.4 Å². The summed E-state index contributed by atoms with van der Waals surface area (Å²) >= 11 is 0. The van der Waals surface area contributed by atoms with Crippen LogP contribution in [0.15, 0.2) is 0 Å². The molecule has 0 saturated carbocycles. The molecule has 0 heterocycles. The summed E-state index contributed by atoms with van der Waals surface area (Å²) in [6.07, 6.45) is 11.1. The Morgan fingerprint density at radius 2 is 0.920 bits per heavy atom. The van der Waals surface area contributed by atoms with Gasteiger partial charge in [-0.3, -0.25) is 0 Å². The molecule has 0 fully saturated rings. The summed E-state index contributed by atoms with van der Waals surface area (Å²) in [6, 6.07) is 0. The highest BCUT2D eigenvalue weighted by Gasteiger charge is 2.52.